The van der Waals surface area contributed by atoms with Crippen molar-refractivity contribution < 1.29 is 14.6 Å². The maximum absolute atomic E-state index is 12.7. The first-order chi connectivity index (χ1) is 12.0. The van der Waals surface area contributed by atoms with E-state index in [0.717, 1.165) is 37.1 Å². The molecule has 0 atom stereocenters. The van der Waals surface area contributed by atoms with Crippen molar-refractivity contribution in [3.05, 3.63) is 11.8 Å². The number of urea groups is 1. The highest BCUT2D eigenvalue weighted by atomic mass is 16.5. The van der Waals surface area contributed by atoms with Gasteiger partial charge in [0.15, 0.2) is 0 Å². The average molecular weight is 352 g/mol. The van der Waals surface area contributed by atoms with Crippen LogP contribution in [-0.4, -0.2) is 59.2 Å². The zero-order valence-corrected chi connectivity index (χ0v) is 15.9. The fraction of sp³-hybridized carbons (Fsp3) is 0.778. The van der Waals surface area contributed by atoms with Crippen LogP contribution < -0.4 is 5.32 Å². The van der Waals surface area contributed by atoms with Gasteiger partial charge in [-0.05, 0) is 32.6 Å². The van der Waals surface area contributed by atoms with Crippen LogP contribution in [0.1, 0.15) is 51.1 Å². The van der Waals surface area contributed by atoms with Crippen molar-refractivity contribution in [3.8, 4) is 0 Å². The van der Waals surface area contributed by atoms with Crippen molar-refractivity contribution in [1.82, 2.24) is 14.7 Å². The topological polar surface area (TPSA) is 79.6 Å². The summed E-state index contributed by atoms with van der Waals surface area (Å²) in [6.45, 7) is 8.05. The van der Waals surface area contributed by atoms with Crippen molar-refractivity contribution in [2.24, 2.45) is 5.41 Å². The minimum atomic E-state index is -0.269. The minimum Gasteiger partial charge on any atom is -0.396 e. The number of aliphatic hydroxyl groups excluding tert-OH is 1. The van der Waals surface area contributed by atoms with Crippen molar-refractivity contribution in [1.29, 1.82) is 0 Å². The fourth-order valence-corrected chi connectivity index (χ4v) is 3.46. The van der Waals surface area contributed by atoms with Crippen LogP contribution in [0.4, 0.5) is 10.6 Å². The third kappa shape index (κ3) is 4.52. The number of hydrogen-bond acceptors (Lipinski definition) is 4. The van der Waals surface area contributed by atoms with Crippen LogP contribution in [0, 0.1) is 12.3 Å². The molecule has 2 heterocycles. The van der Waals surface area contributed by atoms with E-state index < -0.39 is 0 Å². The first-order valence-electron chi connectivity index (χ1n) is 9.21. The lowest BCUT2D eigenvalue weighted by molar-refractivity contribution is -0.0255. The second-order valence-corrected chi connectivity index (χ2v) is 7.15. The summed E-state index contributed by atoms with van der Waals surface area (Å²) in [5, 5.41) is 17.3. The van der Waals surface area contributed by atoms with Crippen LogP contribution >= 0.6 is 0 Å². The second-order valence-electron chi connectivity index (χ2n) is 7.15. The molecule has 1 aliphatic heterocycles. The number of carbonyl (C=O) groups excluding carboxylic acids is 1. The van der Waals surface area contributed by atoms with E-state index in [1.807, 2.05) is 11.6 Å². The molecule has 0 radical (unpaired) electrons. The van der Waals surface area contributed by atoms with Crippen molar-refractivity contribution in [2.75, 3.05) is 38.7 Å². The van der Waals surface area contributed by atoms with Gasteiger partial charge >= 0.3 is 6.03 Å². The zero-order chi connectivity index (χ0) is 18.4. The van der Waals surface area contributed by atoms with Crippen LogP contribution in [0.3, 0.4) is 0 Å². The maximum atomic E-state index is 12.7. The van der Waals surface area contributed by atoms with Gasteiger partial charge in [-0.1, -0.05) is 13.8 Å². The molecule has 1 saturated heterocycles. The number of aliphatic hydroxyl groups is 1. The quantitative estimate of drug-likeness (QED) is 0.791. The van der Waals surface area contributed by atoms with Gasteiger partial charge in [0.2, 0.25) is 0 Å². The van der Waals surface area contributed by atoms with Gasteiger partial charge in [0.1, 0.15) is 5.82 Å². The summed E-state index contributed by atoms with van der Waals surface area (Å²) >= 11 is 0. The van der Waals surface area contributed by atoms with E-state index in [1.54, 1.807) is 18.1 Å². The molecule has 0 aromatic carbocycles. The van der Waals surface area contributed by atoms with Gasteiger partial charge in [-0.15, -0.1) is 0 Å². The highest BCUT2D eigenvalue weighted by Gasteiger charge is 2.34. The van der Waals surface area contributed by atoms with E-state index >= 15 is 0 Å². The Kier molecular flexibility index (Phi) is 6.84. The first kappa shape index (κ1) is 19.7. The van der Waals surface area contributed by atoms with Gasteiger partial charge < -0.3 is 14.7 Å². The first-order valence-corrected chi connectivity index (χ1v) is 9.21. The molecule has 7 nitrogen and oxygen atoms in total. The molecule has 2 amide bonds. The summed E-state index contributed by atoms with van der Waals surface area (Å²) in [4.78, 5) is 14.4. The molecule has 0 spiro atoms. The molecule has 25 heavy (non-hydrogen) atoms. The van der Waals surface area contributed by atoms with Crippen molar-refractivity contribution in [3.63, 3.8) is 0 Å². The second kappa shape index (κ2) is 8.67. The fourth-order valence-electron chi connectivity index (χ4n) is 3.46. The Labute approximate surface area is 150 Å². The highest BCUT2D eigenvalue weighted by Crippen LogP contribution is 2.31. The molecular formula is C18H32N4O3. The Hall–Kier alpha value is -1.60. The standard InChI is InChI=1S/C18H32N4O3/c1-5-15(6-2)22-16(14(3)11-19-22)20-17(24)21(4)12-18(13-23)7-9-25-10-8-18/h11,15,23H,5-10,12-13H2,1-4H3,(H,20,24). The van der Waals surface area contributed by atoms with Gasteiger partial charge in [0.05, 0.1) is 18.8 Å². The summed E-state index contributed by atoms with van der Waals surface area (Å²) in [6.07, 6.45) is 5.26. The number of rotatable bonds is 7. The third-order valence-corrected chi connectivity index (χ3v) is 5.30. The molecule has 142 valence electrons. The molecule has 1 aromatic heterocycles. The summed E-state index contributed by atoms with van der Waals surface area (Å²) in [7, 11) is 1.77. The van der Waals surface area contributed by atoms with E-state index in [0.29, 0.717) is 19.8 Å². The Bertz CT molecular complexity index is 563. The van der Waals surface area contributed by atoms with Crippen LogP contribution in [0.2, 0.25) is 0 Å². The summed E-state index contributed by atoms with van der Waals surface area (Å²) in [5.74, 6) is 0.760. The number of amides is 2. The van der Waals surface area contributed by atoms with Crippen LogP contribution in [0.15, 0.2) is 6.20 Å². The normalized spacial score (nSPS) is 16.9. The Balaban J connectivity index is 2.07. The molecule has 0 aliphatic carbocycles. The SMILES string of the molecule is CCC(CC)n1ncc(C)c1NC(=O)N(C)CC1(CO)CCOCC1. The zero-order valence-electron chi connectivity index (χ0n) is 15.9. The van der Waals surface area contributed by atoms with Crippen LogP contribution in [-0.2, 0) is 4.74 Å². The third-order valence-electron chi connectivity index (χ3n) is 5.30. The number of aryl methyl sites for hydroxylation is 1. The van der Waals surface area contributed by atoms with Gasteiger partial charge in [0.25, 0.3) is 0 Å². The number of nitrogens with one attached hydrogen (secondary N) is 1. The van der Waals surface area contributed by atoms with E-state index in [-0.39, 0.29) is 24.1 Å². The van der Waals surface area contributed by atoms with Crippen LogP contribution in [0.25, 0.3) is 0 Å². The number of ether oxygens (including phenoxy) is 1. The van der Waals surface area contributed by atoms with Gasteiger partial charge in [-0.3, -0.25) is 5.32 Å². The molecule has 0 bridgehead atoms. The lowest BCUT2D eigenvalue weighted by Gasteiger charge is -2.38. The molecule has 2 N–H and O–H groups in total. The lowest BCUT2D eigenvalue weighted by atomic mass is 9.80. The Morgan fingerprint density at radius 2 is 2.08 bits per heavy atom. The summed E-state index contributed by atoms with van der Waals surface area (Å²) in [6, 6.07) is 0.101. The number of nitrogens with zero attached hydrogens (tertiary/aromatic N) is 3. The lowest BCUT2D eigenvalue weighted by Crippen LogP contribution is -2.46. The molecule has 1 aromatic rings. The van der Waals surface area contributed by atoms with Gasteiger partial charge in [0, 0.05) is 37.8 Å². The average Bonchev–Trinajstić information content (AvgIpc) is 2.97. The number of aromatic nitrogens is 2. The van der Waals surface area contributed by atoms with Crippen molar-refractivity contribution >= 4 is 11.8 Å². The monoisotopic (exact) mass is 352 g/mol. The minimum absolute atomic E-state index is 0.0681. The maximum Gasteiger partial charge on any atom is 0.322 e. The van der Waals surface area contributed by atoms with E-state index in [4.69, 9.17) is 4.74 Å². The smallest absolute Gasteiger partial charge is 0.322 e. The molecular weight excluding hydrogens is 320 g/mol. The molecule has 0 saturated carbocycles. The summed E-state index contributed by atoms with van der Waals surface area (Å²) < 4.78 is 7.31. The van der Waals surface area contributed by atoms with Gasteiger partial charge in [-0.25, -0.2) is 9.48 Å². The predicted octanol–water partition coefficient (Wildman–Crippen LogP) is 2.81. The van der Waals surface area contributed by atoms with Crippen LogP contribution in [0.5, 0.6) is 0 Å². The highest BCUT2D eigenvalue weighted by molar-refractivity contribution is 5.89. The van der Waals surface area contributed by atoms with Gasteiger partial charge in [-0.2, -0.15) is 5.10 Å². The number of carbonyl (C=O) groups is 1. The molecule has 7 heteroatoms. The molecule has 0 unspecified atom stereocenters. The predicted molar refractivity (Wildman–Crippen MR) is 97.8 cm³/mol. The van der Waals surface area contributed by atoms with E-state index in [2.05, 4.69) is 24.3 Å². The van der Waals surface area contributed by atoms with E-state index in [9.17, 15) is 9.90 Å². The largest absolute Gasteiger partial charge is 0.396 e. The number of anilines is 1. The Morgan fingerprint density at radius 3 is 2.64 bits per heavy atom. The summed E-state index contributed by atoms with van der Waals surface area (Å²) in [5.41, 5.74) is 0.686. The molecule has 1 aliphatic rings. The molecule has 2 rings (SSSR count). The number of hydrogen-bond donors (Lipinski definition) is 2. The van der Waals surface area contributed by atoms with E-state index in [1.165, 1.54) is 0 Å². The Morgan fingerprint density at radius 1 is 1.44 bits per heavy atom. The van der Waals surface area contributed by atoms with Crippen molar-refractivity contribution in [2.45, 2.75) is 52.5 Å². The molecule has 1 fully saturated rings.